The molecule has 0 unspecified atom stereocenters. The fourth-order valence-electron chi connectivity index (χ4n) is 3.41. The maximum atomic E-state index is 2.56. The van der Waals surface area contributed by atoms with Crippen LogP contribution in [0.4, 0.5) is 0 Å². The van der Waals surface area contributed by atoms with Crippen LogP contribution in [0.5, 0.6) is 0 Å². The van der Waals surface area contributed by atoms with Crippen molar-refractivity contribution in [3.05, 3.63) is 41.7 Å². The average Bonchev–Trinajstić information content (AvgIpc) is 3.06. The first-order valence-electron chi connectivity index (χ1n) is 8.07. The van der Waals surface area contributed by atoms with E-state index >= 15 is 0 Å². The highest BCUT2D eigenvalue weighted by Crippen LogP contribution is 2.47. The molecule has 0 saturated heterocycles. The van der Waals surface area contributed by atoms with Crippen LogP contribution in [0, 0.1) is 0 Å². The number of nitrogens with zero attached hydrogens (tertiary/aromatic N) is 1. The summed E-state index contributed by atoms with van der Waals surface area (Å²) in [6, 6.07) is 13.3. The van der Waals surface area contributed by atoms with Crippen molar-refractivity contribution in [2.75, 3.05) is 0 Å². The van der Waals surface area contributed by atoms with Gasteiger partial charge in [0.15, 0.2) is 0 Å². The molecular weight excluding hydrogens is 273 g/mol. The minimum atomic E-state index is 0.153. The lowest BCUT2D eigenvalue weighted by Crippen LogP contribution is -2.19. The Labute approximate surface area is 130 Å². The van der Waals surface area contributed by atoms with Crippen molar-refractivity contribution >= 4 is 8.35 Å². The van der Waals surface area contributed by atoms with E-state index in [0.717, 1.165) is 0 Å². The Morgan fingerprint density at radius 1 is 1.05 bits per heavy atom. The standard InChI is InChI=1S/C19H26NP/c1-18(2,3)20-16(15-10-6-5-7-11-15)14-17(21-20)19(4)12-8-9-13-19/h5-7,10-11,14H,8-9,12-13H2,1-4H3. The van der Waals surface area contributed by atoms with Crippen molar-refractivity contribution < 1.29 is 0 Å². The molecule has 112 valence electrons. The molecule has 21 heavy (non-hydrogen) atoms. The molecule has 0 radical (unpaired) electrons. The van der Waals surface area contributed by atoms with Crippen LogP contribution in [0.25, 0.3) is 11.3 Å². The minimum absolute atomic E-state index is 0.153. The second-order valence-electron chi connectivity index (χ2n) is 7.63. The summed E-state index contributed by atoms with van der Waals surface area (Å²) in [5.74, 6) is 0. The van der Waals surface area contributed by atoms with Crippen molar-refractivity contribution in [1.29, 1.82) is 0 Å². The highest BCUT2D eigenvalue weighted by molar-refractivity contribution is 7.27. The first-order chi connectivity index (χ1) is 9.90. The summed E-state index contributed by atoms with van der Waals surface area (Å²) in [7, 11) is 1.39. The summed E-state index contributed by atoms with van der Waals surface area (Å²) in [6.07, 6.45) is 5.48. The van der Waals surface area contributed by atoms with Crippen molar-refractivity contribution in [3.63, 3.8) is 0 Å². The van der Waals surface area contributed by atoms with Gasteiger partial charge in [-0.25, -0.2) is 0 Å². The molecule has 1 aromatic heterocycles. The Kier molecular flexibility index (Phi) is 3.74. The molecule has 1 nitrogen and oxygen atoms in total. The quantitative estimate of drug-likeness (QED) is 0.611. The summed E-state index contributed by atoms with van der Waals surface area (Å²) in [6.45, 7) is 9.41. The predicted octanol–water partition coefficient (Wildman–Crippen LogP) is 6.32. The number of hydrogen-bond donors (Lipinski definition) is 0. The van der Waals surface area contributed by atoms with Gasteiger partial charge in [0.25, 0.3) is 0 Å². The van der Waals surface area contributed by atoms with Crippen molar-refractivity contribution in [2.24, 2.45) is 0 Å². The third kappa shape index (κ3) is 2.81. The zero-order chi connectivity index (χ0) is 15.1. The molecular formula is C19H26NP. The van der Waals surface area contributed by atoms with Gasteiger partial charge >= 0.3 is 0 Å². The molecule has 1 aromatic carbocycles. The molecule has 0 aliphatic heterocycles. The summed E-state index contributed by atoms with van der Waals surface area (Å²) >= 11 is 0. The lowest BCUT2D eigenvalue weighted by Gasteiger charge is -2.25. The maximum absolute atomic E-state index is 2.56. The van der Waals surface area contributed by atoms with Crippen LogP contribution in [-0.2, 0) is 11.0 Å². The van der Waals surface area contributed by atoms with Crippen LogP contribution in [0.1, 0.15) is 58.7 Å². The van der Waals surface area contributed by atoms with Crippen LogP contribution in [-0.4, -0.2) is 4.33 Å². The van der Waals surface area contributed by atoms with Gasteiger partial charge in [0.1, 0.15) is 0 Å². The van der Waals surface area contributed by atoms with Gasteiger partial charge in [-0.3, -0.25) is 0 Å². The van der Waals surface area contributed by atoms with Crippen LogP contribution in [0.15, 0.2) is 36.4 Å². The Morgan fingerprint density at radius 3 is 2.24 bits per heavy atom. The number of hydrogen-bond acceptors (Lipinski definition) is 0. The van der Waals surface area contributed by atoms with Crippen LogP contribution in [0.3, 0.4) is 0 Å². The second kappa shape index (κ2) is 5.29. The Hall–Kier alpha value is -1.07. The monoisotopic (exact) mass is 299 g/mol. The number of aromatic nitrogens is 1. The van der Waals surface area contributed by atoms with Gasteiger partial charge in [0, 0.05) is 19.2 Å². The van der Waals surface area contributed by atoms with E-state index in [0.29, 0.717) is 5.41 Å². The largest absolute Gasteiger partial charge is 0.318 e. The second-order valence-corrected chi connectivity index (χ2v) is 8.71. The average molecular weight is 299 g/mol. The summed E-state index contributed by atoms with van der Waals surface area (Å²) in [4.78, 5) is 0. The highest BCUT2D eigenvalue weighted by atomic mass is 31.0. The Bertz CT molecular complexity index is 613. The predicted molar refractivity (Wildman–Crippen MR) is 93.2 cm³/mol. The summed E-state index contributed by atoms with van der Waals surface area (Å²) in [5, 5.41) is 1.62. The third-order valence-corrected chi connectivity index (χ3v) is 6.64. The van der Waals surface area contributed by atoms with Crippen LogP contribution < -0.4 is 0 Å². The molecule has 0 amide bonds. The fourth-order valence-corrected chi connectivity index (χ4v) is 4.85. The molecule has 3 rings (SSSR count). The number of rotatable bonds is 2. The maximum Gasteiger partial charge on any atom is 0.0529 e. The molecule has 2 heteroatoms. The molecule has 0 bridgehead atoms. The first-order valence-corrected chi connectivity index (χ1v) is 8.91. The zero-order valence-electron chi connectivity index (χ0n) is 13.7. The van der Waals surface area contributed by atoms with E-state index in [1.54, 1.807) is 5.30 Å². The summed E-state index contributed by atoms with van der Waals surface area (Å²) < 4.78 is 2.56. The Morgan fingerprint density at radius 2 is 1.67 bits per heavy atom. The zero-order valence-corrected chi connectivity index (χ0v) is 14.6. The van der Waals surface area contributed by atoms with Crippen LogP contribution >= 0.6 is 8.35 Å². The van der Waals surface area contributed by atoms with E-state index in [1.807, 2.05) is 0 Å². The van der Waals surface area contributed by atoms with E-state index in [2.05, 4.69) is 68.4 Å². The van der Waals surface area contributed by atoms with Gasteiger partial charge in [-0.2, -0.15) is 0 Å². The molecule has 2 aromatic rings. The van der Waals surface area contributed by atoms with Gasteiger partial charge in [-0.15, -0.1) is 0 Å². The van der Waals surface area contributed by atoms with E-state index in [1.165, 1.54) is 45.3 Å². The summed E-state index contributed by atoms with van der Waals surface area (Å²) in [5.41, 5.74) is 3.31. The van der Waals surface area contributed by atoms with E-state index in [-0.39, 0.29) is 5.54 Å². The molecule has 1 aliphatic carbocycles. The third-order valence-electron chi connectivity index (χ3n) is 4.74. The van der Waals surface area contributed by atoms with Gasteiger partial charge in [-0.1, -0.05) is 50.1 Å². The molecule has 0 N–H and O–H groups in total. The Balaban J connectivity index is 2.12. The lowest BCUT2D eigenvalue weighted by atomic mass is 9.87. The SMILES string of the molecule is CC1(c2cc(-c3ccccc3)n(C(C)(C)C)p2)CCCC1. The molecule has 1 saturated carbocycles. The molecule has 1 aliphatic rings. The first kappa shape index (κ1) is 14.9. The smallest absolute Gasteiger partial charge is 0.0529 e. The molecule has 0 atom stereocenters. The topological polar surface area (TPSA) is 4.93 Å². The van der Waals surface area contributed by atoms with Crippen molar-refractivity contribution in [2.45, 2.75) is 64.3 Å². The van der Waals surface area contributed by atoms with Gasteiger partial charge in [0.2, 0.25) is 0 Å². The van der Waals surface area contributed by atoms with Crippen LogP contribution in [0.2, 0.25) is 0 Å². The van der Waals surface area contributed by atoms with Crippen molar-refractivity contribution in [1.82, 2.24) is 4.33 Å². The van der Waals surface area contributed by atoms with Gasteiger partial charge in [0.05, 0.1) is 5.69 Å². The fraction of sp³-hybridized carbons (Fsp3) is 0.526. The van der Waals surface area contributed by atoms with E-state index in [9.17, 15) is 0 Å². The van der Waals surface area contributed by atoms with Crippen molar-refractivity contribution in [3.8, 4) is 11.3 Å². The minimum Gasteiger partial charge on any atom is -0.318 e. The van der Waals surface area contributed by atoms with E-state index in [4.69, 9.17) is 0 Å². The van der Waals surface area contributed by atoms with Gasteiger partial charge in [-0.05, 0) is 50.7 Å². The van der Waals surface area contributed by atoms with E-state index < -0.39 is 0 Å². The number of benzene rings is 1. The normalized spacial score (nSPS) is 18.5. The molecule has 0 spiro atoms. The molecule has 1 heterocycles. The highest BCUT2D eigenvalue weighted by Gasteiger charge is 2.33. The van der Waals surface area contributed by atoms with Gasteiger partial charge < -0.3 is 4.33 Å². The molecule has 1 fully saturated rings. The lowest BCUT2D eigenvalue weighted by molar-refractivity contribution is 0.433.